The van der Waals surface area contributed by atoms with E-state index in [1.165, 1.54) is 0 Å². The lowest BCUT2D eigenvalue weighted by molar-refractivity contribution is -0.121. The standard InChI is InChI=1S/C22H21ClN2O3/c1-3-4-13-28-20-11-5-16(14-21(20)27-2)6-12-22(26)25-19(15-24)17-7-9-18(23)10-8-17/h5,7-11,14,19H,6,12-13H2,1-2H3,(H,25,26). The zero-order valence-electron chi connectivity index (χ0n) is 15.8. The van der Waals surface area contributed by atoms with E-state index in [0.717, 1.165) is 5.56 Å². The molecule has 2 aromatic carbocycles. The van der Waals surface area contributed by atoms with Gasteiger partial charge < -0.3 is 14.8 Å². The summed E-state index contributed by atoms with van der Waals surface area (Å²) < 4.78 is 10.9. The van der Waals surface area contributed by atoms with Gasteiger partial charge in [-0.3, -0.25) is 4.79 Å². The average Bonchev–Trinajstić information content (AvgIpc) is 2.72. The summed E-state index contributed by atoms with van der Waals surface area (Å²) in [6.45, 7) is 2.04. The van der Waals surface area contributed by atoms with Gasteiger partial charge in [0.1, 0.15) is 12.6 Å². The first-order valence-electron chi connectivity index (χ1n) is 8.71. The first kappa shape index (κ1) is 21.2. The number of nitrogens with zero attached hydrogens (tertiary/aromatic N) is 1. The number of carbonyl (C=O) groups excluding carboxylic acids is 1. The Kier molecular flexibility index (Phi) is 8.21. The van der Waals surface area contributed by atoms with E-state index in [-0.39, 0.29) is 18.9 Å². The minimum atomic E-state index is -0.713. The molecule has 2 rings (SSSR count). The maximum absolute atomic E-state index is 12.3. The quantitative estimate of drug-likeness (QED) is 0.683. The molecule has 1 amide bonds. The summed E-state index contributed by atoms with van der Waals surface area (Å²) in [5.74, 6) is 6.58. The SMILES string of the molecule is CC#CCOc1ccc(CCC(=O)NC(C#N)c2ccc(Cl)cc2)cc1OC. The second-order valence-corrected chi connectivity index (χ2v) is 6.32. The summed E-state index contributed by atoms with van der Waals surface area (Å²) in [6.07, 6.45) is 0.756. The molecule has 0 heterocycles. The van der Waals surface area contributed by atoms with Gasteiger partial charge in [0.05, 0.1) is 13.2 Å². The molecule has 0 fully saturated rings. The number of methoxy groups -OCH3 is 1. The second-order valence-electron chi connectivity index (χ2n) is 5.88. The summed E-state index contributed by atoms with van der Waals surface area (Å²) in [7, 11) is 1.56. The van der Waals surface area contributed by atoms with Crippen molar-refractivity contribution >= 4 is 17.5 Å². The van der Waals surface area contributed by atoms with E-state index in [1.807, 2.05) is 12.1 Å². The van der Waals surface area contributed by atoms with Gasteiger partial charge in [0.15, 0.2) is 11.5 Å². The number of aryl methyl sites for hydroxylation is 1. The van der Waals surface area contributed by atoms with E-state index < -0.39 is 6.04 Å². The zero-order chi connectivity index (χ0) is 20.4. The van der Waals surface area contributed by atoms with Crippen LogP contribution in [0.3, 0.4) is 0 Å². The maximum atomic E-state index is 12.3. The molecule has 0 saturated heterocycles. The smallest absolute Gasteiger partial charge is 0.221 e. The highest BCUT2D eigenvalue weighted by Gasteiger charge is 2.14. The molecule has 1 unspecified atom stereocenters. The minimum absolute atomic E-state index is 0.209. The maximum Gasteiger partial charge on any atom is 0.221 e. The first-order valence-corrected chi connectivity index (χ1v) is 9.09. The fourth-order valence-electron chi connectivity index (χ4n) is 2.51. The molecular formula is C22H21ClN2O3. The summed E-state index contributed by atoms with van der Waals surface area (Å²) in [5, 5.41) is 12.6. The molecular weight excluding hydrogens is 376 g/mol. The fourth-order valence-corrected chi connectivity index (χ4v) is 2.64. The summed E-state index contributed by atoms with van der Waals surface area (Å²) in [4.78, 5) is 12.3. The number of hydrogen-bond acceptors (Lipinski definition) is 4. The molecule has 0 radical (unpaired) electrons. The number of hydrogen-bond donors (Lipinski definition) is 1. The van der Waals surface area contributed by atoms with Crippen LogP contribution in [0.2, 0.25) is 5.02 Å². The van der Waals surface area contributed by atoms with Gasteiger partial charge in [0.2, 0.25) is 5.91 Å². The van der Waals surface area contributed by atoms with Gasteiger partial charge in [-0.15, -0.1) is 5.92 Å². The monoisotopic (exact) mass is 396 g/mol. The molecule has 0 saturated carbocycles. The molecule has 28 heavy (non-hydrogen) atoms. The molecule has 5 nitrogen and oxygen atoms in total. The van der Waals surface area contributed by atoms with Crippen LogP contribution in [0, 0.1) is 23.2 Å². The van der Waals surface area contributed by atoms with Crippen molar-refractivity contribution in [2.45, 2.75) is 25.8 Å². The lowest BCUT2D eigenvalue weighted by Crippen LogP contribution is -2.27. The van der Waals surface area contributed by atoms with E-state index in [2.05, 4.69) is 23.2 Å². The number of halogens is 1. The van der Waals surface area contributed by atoms with Gasteiger partial charge in [-0.1, -0.05) is 35.7 Å². The summed E-state index contributed by atoms with van der Waals surface area (Å²) >= 11 is 5.86. The van der Waals surface area contributed by atoms with E-state index in [1.54, 1.807) is 44.4 Å². The van der Waals surface area contributed by atoms with Crippen molar-refractivity contribution in [1.29, 1.82) is 5.26 Å². The number of carbonyl (C=O) groups is 1. The number of benzene rings is 2. The third kappa shape index (κ3) is 6.23. The van der Waals surface area contributed by atoms with Crippen LogP contribution in [-0.2, 0) is 11.2 Å². The average molecular weight is 397 g/mol. The van der Waals surface area contributed by atoms with E-state index in [4.69, 9.17) is 21.1 Å². The van der Waals surface area contributed by atoms with Crippen molar-refractivity contribution in [2.75, 3.05) is 13.7 Å². The highest BCUT2D eigenvalue weighted by Crippen LogP contribution is 2.28. The van der Waals surface area contributed by atoms with Crippen molar-refractivity contribution in [3.8, 4) is 29.4 Å². The number of nitrogens with one attached hydrogen (secondary N) is 1. The third-order valence-corrected chi connectivity index (χ3v) is 4.24. The van der Waals surface area contributed by atoms with Crippen molar-refractivity contribution in [2.24, 2.45) is 0 Å². The zero-order valence-corrected chi connectivity index (χ0v) is 16.5. The van der Waals surface area contributed by atoms with Crippen molar-refractivity contribution in [3.63, 3.8) is 0 Å². The Labute approximate surface area is 170 Å². The van der Waals surface area contributed by atoms with E-state index >= 15 is 0 Å². The van der Waals surface area contributed by atoms with Crippen LogP contribution >= 0.6 is 11.6 Å². The Balaban J connectivity index is 1.94. The molecule has 0 spiro atoms. The van der Waals surface area contributed by atoms with Gasteiger partial charge in [0, 0.05) is 11.4 Å². The fraction of sp³-hybridized carbons (Fsp3) is 0.273. The molecule has 0 aliphatic rings. The summed E-state index contributed by atoms with van der Waals surface area (Å²) in [6, 6.07) is 13.7. The molecule has 0 aromatic heterocycles. The Bertz CT molecular complexity index is 908. The van der Waals surface area contributed by atoms with Crippen molar-refractivity contribution in [1.82, 2.24) is 5.32 Å². The predicted molar refractivity (Wildman–Crippen MR) is 108 cm³/mol. The lowest BCUT2D eigenvalue weighted by Gasteiger charge is -2.13. The Hall–Kier alpha value is -3.15. The van der Waals surface area contributed by atoms with Crippen LogP contribution in [0.25, 0.3) is 0 Å². The molecule has 0 aliphatic heterocycles. The van der Waals surface area contributed by atoms with Crippen LogP contribution < -0.4 is 14.8 Å². The van der Waals surface area contributed by atoms with Crippen LogP contribution in [0.5, 0.6) is 11.5 Å². The Morgan fingerprint density at radius 2 is 1.96 bits per heavy atom. The lowest BCUT2D eigenvalue weighted by atomic mass is 10.1. The van der Waals surface area contributed by atoms with Crippen molar-refractivity contribution in [3.05, 3.63) is 58.6 Å². The van der Waals surface area contributed by atoms with Gasteiger partial charge >= 0.3 is 0 Å². The van der Waals surface area contributed by atoms with Gasteiger partial charge in [-0.25, -0.2) is 0 Å². The van der Waals surface area contributed by atoms with Crippen LogP contribution in [0.1, 0.15) is 30.5 Å². The van der Waals surface area contributed by atoms with Crippen LogP contribution in [-0.4, -0.2) is 19.6 Å². The number of ether oxygens (including phenoxy) is 2. The van der Waals surface area contributed by atoms with Gasteiger partial charge in [0.25, 0.3) is 0 Å². The molecule has 1 atom stereocenters. The number of rotatable bonds is 8. The first-order chi connectivity index (χ1) is 13.6. The molecule has 144 valence electrons. The molecule has 6 heteroatoms. The van der Waals surface area contributed by atoms with E-state index in [0.29, 0.717) is 28.5 Å². The highest BCUT2D eigenvalue weighted by molar-refractivity contribution is 6.30. The second kappa shape index (κ2) is 10.9. The third-order valence-electron chi connectivity index (χ3n) is 3.98. The van der Waals surface area contributed by atoms with Crippen LogP contribution in [0.4, 0.5) is 0 Å². The minimum Gasteiger partial charge on any atom is -0.493 e. The predicted octanol–water partition coefficient (Wildman–Crippen LogP) is 4.06. The number of amides is 1. The highest BCUT2D eigenvalue weighted by atomic mass is 35.5. The van der Waals surface area contributed by atoms with Crippen molar-refractivity contribution < 1.29 is 14.3 Å². The number of nitriles is 1. The van der Waals surface area contributed by atoms with Crippen LogP contribution in [0.15, 0.2) is 42.5 Å². The molecule has 1 N–H and O–H groups in total. The largest absolute Gasteiger partial charge is 0.493 e. The Morgan fingerprint density at radius 1 is 1.21 bits per heavy atom. The molecule has 0 aliphatic carbocycles. The molecule has 0 bridgehead atoms. The van der Waals surface area contributed by atoms with E-state index in [9.17, 15) is 10.1 Å². The normalized spacial score (nSPS) is 10.8. The molecule has 2 aromatic rings. The topological polar surface area (TPSA) is 71.3 Å². The van der Waals surface area contributed by atoms with Gasteiger partial charge in [-0.2, -0.15) is 5.26 Å². The van der Waals surface area contributed by atoms with Gasteiger partial charge in [-0.05, 0) is 48.7 Å². The summed E-state index contributed by atoms with van der Waals surface area (Å²) in [5.41, 5.74) is 1.62. The Morgan fingerprint density at radius 3 is 2.61 bits per heavy atom.